The van der Waals surface area contributed by atoms with Gasteiger partial charge in [-0.25, -0.2) is 0 Å². The molecule has 0 saturated carbocycles. The van der Waals surface area contributed by atoms with Gasteiger partial charge in [-0.3, -0.25) is 4.90 Å². The van der Waals surface area contributed by atoms with E-state index >= 15 is 0 Å². The van der Waals surface area contributed by atoms with Gasteiger partial charge in [0.05, 0.1) is 19.3 Å². The molecular formula is C28H37N3O2. The van der Waals surface area contributed by atoms with Gasteiger partial charge in [-0.1, -0.05) is 13.0 Å². The van der Waals surface area contributed by atoms with Crippen molar-refractivity contribution < 1.29 is 9.47 Å². The van der Waals surface area contributed by atoms with Crippen LogP contribution in [0.2, 0.25) is 0 Å². The summed E-state index contributed by atoms with van der Waals surface area (Å²) in [4.78, 5) is 2.77. The van der Waals surface area contributed by atoms with E-state index in [1.54, 1.807) is 7.11 Å². The van der Waals surface area contributed by atoms with Crippen LogP contribution in [0.4, 0.5) is 0 Å². The van der Waals surface area contributed by atoms with Gasteiger partial charge in [-0.2, -0.15) is 0 Å². The molecule has 5 heteroatoms. The first-order chi connectivity index (χ1) is 15.9. The molecule has 4 heterocycles. The second kappa shape index (κ2) is 8.28. The molecule has 4 aliphatic rings. The molecule has 1 N–H and O–H groups in total. The second-order valence-corrected chi connectivity index (χ2v) is 10.4. The maximum Gasteiger partial charge on any atom is 0.120 e. The van der Waals surface area contributed by atoms with E-state index in [-0.39, 0.29) is 16.5 Å². The summed E-state index contributed by atoms with van der Waals surface area (Å²) in [5.74, 6) is 1.86. The minimum atomic E-state index is -0.109. The van der Waals surface area contributed by atoms with Crippen LogP contribution in [0.15, 0.2) is 72.5 Å². The van der Waals surface area contributed by atoms with Crippen LogP contribution in [0.3, 0.4) is 0 Å². The van der Waals surface area contributed by atoms with E-state index in [0.29, 0.717) is 6.04 Å². The number of ether oxygens (including phenoxy) is 2. The molecular weight excluding hydrogens is 410 g/mol. The summed E-state index contributed by atoms with van der Waals surface area (Å²) in [5.41, 5.74) is 1.56. The van der Waals surface area contributed by atoms with Gasteiger partial charge in [0.25, 0.3) is 0 Å². The van der Waals surface area contributed by atoms with Gasteiger partial charge in [-0.05, 0) is 82.0 Å². The molecule has 0 radical (unpaired) electrons. The first kappa shape index (κ1) is 22.1. The third-order valence-electron chi connectivity index (χ3n) is 8.23. The highest BCUT2D eigenvalue weighted by atomic mass is 16.5. The predicted molar refractivity (Wildman–Crippen MR) is 133 cm³/mol. The van der Waals surface area contributed by atoms with Crippen molar-refractivity contribution in [1.29, 1.82) is 0 Å². The van der Waals surface area contributed by atoms with Gasteiger partial charge < -0.3 is 19.4 Å². The number of nitrogens with one attached hydrogen (secondary N) is 1. The van der Waals surface area contributed by atoms with E-state index in [0.717, 1.165) is 43.9 Å². The lowest BCUT2D eigenvalue weighted by atomic mass is 9.59. The normalized spacial score (nSPS) is 39.1. The van der Waals surface area contributed by atoms with Gasteiger partial charge in [0.2, 0.25) is 0 Å². The molecule has 2 saturated heterocycles. The van der Waals surface area contributed by atoms with E-state index < -0.39 is 0 Å². The number of fused-ring (bicyclic) bond motifs is 3. The fourth-order valence-electron chi connectivity index (χ4n) is 6.45. The third kappa shape index (κ3) is 3.76. The lowest BCUT2D eigenvalue weighted by Crippen LogP contribution is -2.74. The third-order valence-corrected chi connectivity index (χ3v) is 8.23. The van der Waals surface area contributed by atoms with Crippen molar-refractivity contribution in [2.24, 2.45) is 5.41 Å². The van der Waals surface area contributed by atoms with Gasteiger partial charge in [0, 0.05) is 47.8 Å². The Morgan fingerprint density at radius 3 is 2.82 bits per heavy atom. The van der Waals surface area contributed by atoms with Crippen LogP contribution < -0.4 is 5.32 Å². The summed E-state index contributed by atoms with van der Waals surface area (Å²) >= 11 is 0. The van der Waals surface area contributed by atoms with Crippen molar-refractivity contribution in [3.05, 3.63) is 78.2 Å². The van der Waals surface area contributed by atoms with E-state index in [2.05, 4.69) is 83.7 Å². The van der Waals surface area contributed by atoms with Crippen LogP contribution >= 0.6 is 0 Å². The highest BCUT2D eigenvalue weighted by Crippen LogP contribution is 2.56. The first-order valence-corrected chi connectivity index (χ1v) is 12.2. The summed E-state index contributed by atoms with van der Waals surface area (Å²) in [7, 11) is 1.72. The van der Waals surface area contributed by atoms with Gasteiger partial charge in [0.1, 0.15) is 11.5 Å². The molecule has 5 rings (SSSR count). The van der Waals surface area contributed by atoms with Crippen molar-refractivity contribution in [3.8, 4) is 0 Å². The Labute approximate surface area is 198 Å². The molecule has 1 aromatic rings. The standard InChI is InChI=1S/C28H37N3O2/c1-5-33-23-10-13-26(2,14-11-23)25-20-27(3)21-28(15-19-31(25)27)24-9-7-18-30(24)17-6-8-22(32-4)12-16-29-28/h6-13,16-18,25,29H,5,14-15,19-21H2,1-4H3/b16-12+,17-6+,22-8+. The molecule has 33 heavy (non-hydrogen) atoms. The molecule has 4 unspecified atom stereocenters. The Balaban J connectivity index is 1.39. The Morgan fingerprint density at radius 2 is 2.09 bits per heavy atom. The van der Waals surface area contributed by atoms with Crippen LogP contribution in [0, 0.1) is 5.41 Å². The predicted octanol–water partition coefficient (Wildman–Crippen LogP) is 5.31. The SMILES string of the molecule is CCOC1=CCC(C)(C2CC3(C)CC4(CCN23)N/C=C/C(OC)=C\C=C\n2cccc24)C=C1. The minimum absolute atomic E-state index is 0.109. The summed E-state index contributed by atoms with van der Waals surface area (Å²) in [6.45, 7) is 8.72. The molecule has 5 nitrogen and oxygen atoms in total. The zero-order valence-electron chi connectivity index (χ0n) is 20.4. The topological polar surface area (TPSA) is 38.7 Å². The summed E-state index contributed by atoms with van der Waals surface area (Å²) in [5, 5.41) is 3.82. The Bertz CT molecular complexity index is 1050. The Morgan fingerprint density at radius 1 is 1.21 bits per heavy atom. The van der Waals surface area contributed by atoms with E-state index in [4.69, 9.17) is 9.47 Å². The molecule has 1 aliphatic carbocycles. The van der Waals surface area contributed by atoms with Gasteiger partial charge in [0.15, 0.2) is 0 Å². The molecule has 3 aliphatic heterocycles. The number of allylic oxidation sites excluding steroid dienone is 5. The van der Waals surface area contributed by atoms with Crippen LogP contribution in [-0.2, 0) is 15.0 Å². The zero-order chi connectivity index (χ0) is 23.1. The molecule has 0 bridgehead atoms. The van der Waals surface area contributed by atoms with Crippen molar-refractivity contribution in [1.82, 2.24) is 14.8 Å². The highest BCUT2D eigenvalue weighted by molar-refractivity contribution is 5.39. The molecule has 176 valence electrons. The molecule has 0 amide bonds. The average Bonchev–Trinajstić information content (AvgIpc) is 3.27. The molecule has 4 atom stereocenters. The summed E-state index contributed by atoms with van der Waals surface area (Å²) < 4.78 is 13.5. The number of piperidine rings is 1. The maximum atomic E-state index is 5.72. The van der Waals surface area contributed by atoms with E-state index in [1.165, 1.54) is 12.1 Å². The molecule has 0 aromatic carbocycles. The minimum Gasteiger partial charge on any atom is -0.497 e. The number of rotatable bonds is 4. The zero-order valence-corrected chi connectivity index (χ0v) is 20.4. The lowest BCUT2D eigenvalue weighted by molar-refractivity contribution is -0.147. The monoisotopic (exact) mass is 447 g/mol. The number of nitrogens with zero attached hydrogens (tertiary/aromatic N) is 2. The smallest absolute Gasteiger partial charge is 0.120 e. The van der Waals surface area contributed by atoms with Crippen LogP contribution in [-0.4, -0.2) is 41.3 Å². The van der Waals surface area contributed by atoms with Crippen LogP contribution in [0.25, 0.3) is 6.20 Å². The quantitative estimate of drug-likeness (QED) is 0.678. The fraction of sp³-hybridized carbons (Fsp3) is 0.500. The summed E-state index contributed by atoms with van der Waals surface area (Å²) in [6, 6.07) is 4.99. The van der Waals surface area contributed by atoms with Crippen LogP contribution in [0.5, 0.6) is 0 Å². The Hall–Kier alpha value is -2.66. The highest BCUT2D eigenvalue weighted by Gasteiger charge is 2.60. The number of hydrogen-bond acceptors (Lipinski definition) is 4. The second-order valence-electron chi connectivity index (χ2n) is 10.4. The largest absolute Gasteiger partial charge is 0.497 e. The Kier molecular flexibility index (Phi) is 5.56. The number of aromatic nitrogens is 1. The van der Waals surface area contributed by atoms with E-state index in [1.807, 2.05) is 19.1 Å². The summed E-state index contributed by atoms with van der Waals surface area (Å²) in [6.07, 6.45) is 23.7. The van der Waals surface area contributed by atoms with Crippen molar-refractivity contribution in [3.63, 3.8) is 0 Å². The lowest BCUT2D eigenvalue weighted by Gasteiger charge is -2.67. The molecule has 1 spiro atoms. The number of hydrogen-bond donors (Lipinski definition) is 1. The molecule has 2 fully saturated rings. The fourth-order valence-corrected chi connectivity index (χ4v) is 6.45. The van der Waals surface area contributed by atoms with Crippen molar-refractivity contribution >= 4 is 6.20 Å². The average molecular weight is 448 g/mol. The van der Waals surface area contributed by atoms with Crippen molar-refractivity contribution in [2.75, 3.05) is 20.3 Å². The number of methoxy groups -OCH3 is 1. The maximum absolute atomic E-state index is 5.72. The van der Waals surface area contributed by atoms with Crippen molar-refractivity contribution in [2.45, 2.75) is 63.6 Å². The van der Waals surface area contributed by atoms with Gasteiger partial charge >= 0.3 is 0 Å². The molecule has 1 aromatic heterocycles. The van der Waals surface area contributed by atoms with Gasteiger partial charge in [-0.15, -0.1) is 0 Å². The van der Waals surface area contributed by atoms with Crippen LogP contribution in [0.1, 0.15) is 52.1 Å². The van der Waals surface area contributed by atoms with E-state index in [9.17, 15) is 0 Å². The first-order valence-electron chi connectivity index (χ1n) is 12.2.